The first-order chi connectivity index (χ1) is 8.20. The summed E-state index contributed by atoms with van der Waals surface area (Å²) >= 11 is 0. The lowest BCUT2D eigenvalue weighted by atomic mass is 10.2. The van der Waals surface area contributed by atoms with Crippen LogP contribution in [0.5, 0.6) is 11.5 Å². The second-order valence-corrected chi connectivity index (χ2v) is 4.02. The van der Waals surface area contributed by atoms with Crippen LogP contribution < -0.4 is 10.5 Å². The van der Waals surface area contributed by atoms with Gasteiger partial charge in [-0.1, -0.05) is 12.1 Å². The van der Waals surface area contributed by atoms with E-state index < -0.39 is 0 Å². The molecule has 1 aromatic carbocycles. The topological polar surface area (TPSA) is 53.1 Å². The molecule has 1 heterocycles. The fourth-order valence-corrected chi connectivity index (χ4v) is 1.68. The van der Waals surface area contributed by atoms with Crippen LogP contribution in [-0.2, 0) is 6.54 Å². The van der Waals surface area contributed by atoms with Crippen LogP contribution in [0.25, 0.3) is 0 Å². The van der Waals surface area contributed by atoms with Gasteiger partial charge in [0, 0.05) is 6.54 Å². The highest BCUT2D eigenvalue weighted by Gasteiger charge is 2.07. The summed E-state index contributed by atoms with van der Waals surface area (Å²) in [5, 5.41) is 4.24. The fourth-order valence-electron chi connectivity index (χ4n) is 1.68. The maximum atomic E-state index is 5.79. The lowest BCUT2D eigenvalue weighted by Gasteiger charge is -2.06. The zero-order valence-electron chi connectivity index (χ0n) is 10.2. The summed E-state index contributed by atoms with van der Waals surface area (Å²) in [4.78, 5) is 0. The standard InChI is InChI=1S/C13H17N3O/c1-10-4-3-5-12(8-10)17-13-9-15-16(7-6-14)11(13)2/h3-5,8-9H,6-7,14H2,1-2H3. The molecule has 0 aliphatic carbocycles. The Morgan fingerprint density at radius 3 is 2.88 bits per heavy atom. The zero-order valence-corrected chi connectivity index (χ0v) is 10.2. The molecule has 2 rings (SSSR count). The van der Waals surface area contributed by atoms with Crippen molar-refractivity contribution in [1.29, 1.82) is 0 Å². The summed E-state index contributed by atoms with van der Waals surface area (Å²) < 4.78 is 7.65. The molecule has 4 heteroatoms. The van der Waals surface area contributed by atoms with Crippen LogP contribution in [0.4, 0.5) is 0 Å². The van der Waals surface area contributed by atoms with Gasteiger partial charge in [-0.15, -0.1) is 0 Å². The largest absolute Gasteiger partial charge is 0.454 e. The molecule has 1 aromatic heterocycles. The van der Waals surface area contributed by atoms with Crippen molar-refractivity contribution in [3.63, 3.8) is 0 Å². The Balaban J connectivity index is 2.19. The first kappa shape index (κ1) is 11.7. The molecule has 0 aliphatic heterocycles. The molecule has 0 fully saturated rings. The van der Waals surface area contributed by atoms with Crippen molar-refractivity contribution in [2.24, 2.45) is 5.73 Å². The van der Waals surface area contributed by atoms with Gasteiger partial charge in [0.2, 0.25) is 0 Å². The van der Waals surface area contributed by atoms with E-state index in [1.807, 2.05) is 42.8 Å². The summed E-state index contributed by atoms with van der Waals surface area (Å²) in [6.07, 6.45) is 1.73. The minimum atomic E-state index is 0.576. The zero-order chi connectivity index (χ0) is 12.3. The third-order valence-electron chi connectivity index (χ3n) is 2.62. The molecular weight excluding hydrogens is 214 g/mol. The predicted molar refractivity (Wildman–Crippen MR) is 67.3 cm³/mol. The number of hydrogen-bond acceptors (Lipinski definition) is 3. The van der Waals surface area contributed by atoms with Gasteiger partial charge in [-0.05, 0) is 31.5 Å². The van der Waals surface area contributed by atoms with E-state index in [-0.39, 0.29) is 0 Å². The van der Waals surface area contributed by atoms with Gasteiger partial charge in [-0.25, -0.2) is 0 Å². The normalized spacial score (nSPS) is 10.5. The Labute approximate surface area is 101 Å². The Kier molecular flexibility index (Phi) is 3.44. The average Bonchev–Trinajstić information content (AvgIpc) is 2.62. The van der Waals surface area contributed by atoms with Crippen LogP contribution in [-0.4, -0.2) is 16.3 Å². The number of rotatable bonds is 4. The van der Waals surface area contributed by atoms with Crippen molar-refractivity contribution in [2.75, 3.05) is 6.54 Å². The molecule has 17 heavy (non-hydrogen) atoms. The van der Waals surface area contributed by atoms with E-state index in [2.05, 4.69) is 5.10 Å². The molecule has 0 radical (unpaired) electrons. The van der Waals surface area contributed by atoms with Gasteiger partial charge in [0.25, 0.3) is 0 Å². The lowest BCUT2D eigenvalue weighted by Crippen LogP contribution is -2.12. The van der Waals surface area contributed by atoms with Gasteiger partial charge in [-0.3, -0.25) is 4.68 Å². The minimum absolute atomic E-state index is 0.576. The van der Waals surface area contributed by atoms with Gasteiger partial charge in [-0.2, -0.15) is 5.10 Å². The summed E-state index contributed by atoms with van der Waals surface area (Å²) in [5.41, 5.74) is 7.68. The van der Waals surface area contributed by atoms with Crippen molar-refractivity contribution in [3.05, 3.63) is 41.7 Å². The molecule has 0 saturated carbocycles. The quantitative estimate of drug-likeness (QED) is 0.878. The van der Waals surface area contributed by atoms with Gasteiger partial charge in [0.05, 0.1) is 18.4 Å². The maximum absolute atomic E-state index is 5.79. The molecule has 0 spiro atoms. The smallest absolute Gasteiger partial charge is 0.168 e. The van der Waals surface area contributed by atoms with E-state index in [0.717, 1.165) is 17.2 Å². The average molecular weight is 231 g/mol. The molecule has 4 nitrogen and oxygen atoms in total. The van der Waals surface area contributed by atoms with Crippen molar-refractivity contribution < 1.29 is 4.74 Å². The molecule has 0 amide bonds. The molecule has 2 aromatic rings. The SMILES string of the molecule is Cc1cccc(Oc2cnn(CCN)c2C)c1. The van der Waals surface area contributed by atoms with Gasteiger partial charge in [0.15, 0.2) is 5.75 Å². The van der Waals surface area contributed by atoms with Crippen LogP contribution in [0.2, 0.25) is 0 Å². The van der Waals surface area contributed by atoms with Crippen LogP contribution >= 0.6 is 0 Å². The lowest BCUT2D eigenvalue weighted by molar-refractivity contribution is 0.475. The van der Waals surface area contributed by atoms with Crippen molar-refractivity contribution in [2.45, 2.75) is 20.4 Å². The number of aryl methyl sites for hydroxylation is 1. The van der Waals surface area contributed by atoms with Gasteiger partial charge in [0.1, 0.15) is 5.75 Å². The number of aromatic nitrogens is 2. The molecule has 90 valence electrons. The van der Waals surface area contributed by atoms with E-state index in [4.69, 9.17) is 10.5 Å². The molecule has 0 saturated heterocycles. The third kappa shape index (κ3) is 2.65. The second-order valence-electron chi connectivity index (χ2n) is 4.02. The molecule has 0 unspecified atom stereocenters. The fraction of sp³-hybridized carbons (Fsp3) is 0.308. The second kappa shape index (κ2) is 5.01. The van der Waals surface area contributed by atoms with Crippen LogP contribution in [0, 0.1) is 13.8 Å². The van der Waals surface area contributed by atoms with Crippen molar-refractivity contribution in [1.82, 2.24) is 9.78 Å². The van der Waals surface area contributed by atoms with Crippen LogP contribution in [0.1, 0.15) is 11.3 Å². The molecule has 0 atom stereocenters. The number of nitrogens with two attached hydrogens (primary N) is 1. The Morgan fingerprint density at radius 1 is 1.35 bits per heavy atom. The predicted octanol–water partition coefficient (Wildman–Crippen LogP) is 2.25. The maximum Gasteiger partial charge on any atom is 0.168 e. The Bertz CT molecular complexity index is 505. The van der Waals surface area contributed by atoms with Crippen molar-refractivity contribution in [3.8, 4) is 11.5 Å². The van der Waals surface area contributed by atoms with Crippen molar-refractivity contribution >= 4 is 0 Å². The molecule has 0 aliphatic rings. The minimum Gasteiger partial charge on any atom is -0.454 e. The van der Waals surface area contributed by atoms with Crippen LogP contribution in [0.15, 0.2) is 30.5 Å². The monoisotopic (exact) mass is 231 g/mol. The van der Waals surface area contributed by atoms with E-state index in [9.17, 15) is 0 Å². The first-order valence-corrected chi connectivity index (χ1v) is 5.67. The Morgan fingerprint density at radius 2 is 2.18 bits per heavy atom. The number of ether oxygens (including phenoxy) is 1. The van der Waals surface area contributed by atoms with E-state index in [1.54, 1.807) is 6.20 Å². The molecular formula is C13H17N3O. The van der Waals surface area contributed by atoms with E-state index in [1.165, 1.54) is 5.56 Å². The molecule has 2 N–H and O–H groups in total. The number of benzene rings is 1. The van der Waals surface area contributed by atoms with E-state index >= 15 is 0 Å². The highest BCUT2D eigenvalue weighted by Crippen LogP contribution is 2.24. The molecule has 0 bridgehead atoms. The van der Waals surface area contributed by atoms with E-state index in [0.29, 0.717) is 13.1 Å². The summed E-state index contributed by atoms with van der Waals surface area (Å²) in [5.74, 6) is 1.62. The van der Waals surface area contributed by atoms with Gasteiger partial charge >= 0.3 is 0 Å². The van der Waals surface area contributed by atoms with Crippen LogP contribution in [0.3, 0.4) is 0 Å². The summed E-state index contributed by atoms with van der Waals surface area (Å²) in [7, 11) is 0. The first-order valence-electron chi connectivity index (χ1n) is 5.67. The number of nitrogens with zero attached hydrogens (tertiary/aromatic N) is 2. The van der Waals surface area contributed by atoms with Gasteiger partial charge < -0.3 is 10.5 Å². The third-order valence-corrected chi connectivity index (χ3v) is 2.62. The summed E-state index contributed by atoms with van der Waals surface area (Å²) in [6, 6.07) is 7.95. The number of hydrogen-bond donors (Lipinski definition) is 1. The highest BCUT2D eigenvalue weighted by molar-refractivity contribution is 5.34. The summed E-state index contributed by atoms with van der Waals surface area (Å²) in [6.45, 7) is 5.31. The highest BCUT2D eigenvalue weighted by atomic mass is 16.5. The Hall–Kier alpha value is -1.81.